The fourth-order valence-electron chi connectivity index (χ4n) is 1.92. The molecule has 7 heteroatoms. The largest absolute Gasteiger partial charge is 0.435 e. The van der Waals surface area contributed by atoms with Gasteiger partial charge in [0.25, 0.3) is 0 Å². The summed E-state index contributed by atoms with van der Waals surface area (Å²) >= 11 is 0. The van der Waals surface area contributed by atoms with Crippen molar-refractivity contribution in [1.82, 2.24) is 14.8 Å². The normalized spacial score (nSPS) is 11.1. The van der Waals surface area contributed by atoms with Crippen LogP contribution < -0.4 is 4.74 Å². The molecule has 0 saturated heterocycles. The predicted octanol–water partition coefficient (Wildman–Crippen LogP) is 2.89. The van der Waals surface area contributed by atoms with E-state index >= 15 is 0 Å². The van der Waals surface area contributed by atoms with Crippen LogP contribution in [0.3, 0.4) is 0 Å². The molecule has 0 aliphatic carbocycles. The number of aromatic nitrogens is 3. The van der Waals surface area contributed by atoms with Crippen LogP contribution >= 0.6 is 0 Å². The van der Waals surface area contributed by atoms with Crippen molar-refractivity contribution >= 4 is 5.78 Å². The molecule has 0 aliphatic heterocycles. The topological polar surface area (TPSA) is 57.0 Å². The minimum absolute atomic E-state index is 0.0406. The maximum Gasteiger partial charge on any atom is 0.387 e. The van der Waals surface area contributed by atoms with Crippen LogP contribution in [0.15, 0.2) is 30.6 Å². The lowest BCUT2D eigenvalue weighted by Gasteiger charge is -2.09. The molecule has 0 spiro atoms. The number of Topliss-reactive ketones (excluding diaryl/α,β-unsaturated/α-hetero) is 1. The average Bonchev–Trinajstić information content (AvgIpc) is 2.86. The Morgan fingerprint density at radius 2 is 2.14 bits per heavy atom. The van der Waals surface area contributed by atoms with Crippen LogP contribution in [0, 0.1) is 0 Å². The van der Waals surface area contributed by atoms with Gasteiger partial charge < -0.3 is 4.74 Å². The number of ether oxygens (including phenoxy) is 1. The van der Waals surface area contributed by atoms with E-state index in [1.807, 2.05) is 13.8 Å². The summed E-state index contributed by atoms with van der Waals surface area (Å²) in [6.45, 7) is 0.943. The van der Waals surface area contributed by atoms with Crippen molar-refractivity contribution in [3.63, 3.8) is 0 Å². The van der Waals surface area contributed by atoms with Gasteiger partial charge in [-0.1, -0.05) is 12.1 Å². The zero-order valence-electron chi connectivity index (χ0n) is 11.7. The highest BCUT2D eigenvalue weighted by Gasteiger charge is 2.15. The van der Waals surface area contributed by atoms with Gasteiger partial charge in [-0.15, -0.1) is 0 Å². The van der Waals surface area contributed by atoms with E-state index in [9.17, 15) is 13.6 Å². The summed E-state index contributed by atoms with van der Waals surface area (Å²) in [7, 11) is 0. The van der Waals surface area contributed by atoms with Gasteiger partial charge in [-0.05, 0) is 26.0 Å². The lowest BCUT2D eigenvalue weighted by molar-refractivity contribution is -0.0498. The third-order valence-electron chi connectivity index (χ3n) is 2.84. The van der Waals surface area contributed by atoms with Gasteiger partial charge >= 0.3 is 6.61 Å². The molecule has 0 unspecified atom stereocenters. The van der Waals surface area contributed by atoms with E-state index in [1.54, 1.807) is 10.7 Å². The van der Waals surface area contributed by atoms with Crippen molar-refractivity contribution in [1.29, 1.82) is 0 Å². The number of alkyl halides is 2. The molecule has 0 amide bonds. The van der Waals surface area contributed by atoms with Crippen LogP contribution in [0.25, 0.3) is 0 Å². The standard InChI is InChI=1S/C14H15F2N3O2/c1-9(2)19-13(17-8-18-19)7-12(20)10-4-3-5-11(6-10)21-14(15)16/h3-6,8-9,14H,7H2,1-2H3. The molecule has 5 nitrogen and oxygen atoms in total. The Balaban J connectivity index is 2.15. The van der Waals surface area contributed by atoms with Crippen LogP contribution in [-0.4, -0.2) is 27.2 Å². The monoisotopic (exact) mass is 295 g/mol. The minimum atomic E-state index is -2.92. The lowest BCUT2D eigenvalue weighted by atomic mass is 10.1. The number of carbonyl (C=O) groups excluding carboxylic acids is 1. The van der Waals surface area contributed by atoms with Crippen molar-refractivity contribution in [2.24, 2.45) is 0 Å². The number of ketones is 1. The van der Waals surface area contributed by atoms with Gasteiger partial charge in [0, 0.05) is 11.6 Å². The second-order valence-electron chi connectivity index (χ2n) is 4.72. The predicted molar refractivity (Wildman–Crippen MR) is 71.5 cm³/mol. The van der Waals surface area contributed by atoms with Gasteiger partial charge in [0.1, 0.15) is 17.9 Å². The first-order valence-corrected chi connectivity index (χ1v) is 6.44. The molecule has 0 saturated carbocycles. The van der Waals surface area contributed by atoms with E-state index in [1.165, 1.54) is 24.5 Å². The molecular weight excluding hydrogens is 280 g/mol. The quantitative estimate of drug-likeness (QED) is 0.769. The maximum absolute atomic E-state index is 12.2. The third kappa shape index (κ3) is 3.84. The number of nitrogens with zero attached hydrogens (tertiary/aromatic N) is 3. The van der Waals surface area contributed by atoms with Crippen molar-refractivity contribution < 1.29 is 18.3 Å². The molecular formula is C14H15F2N3O2. The Labute approximate surface area is 120 Å². The van der Waals surface area contributed by atoms with Crippen molar-refractivity contribution in [2.75, 3.05) is 0 Å². The number of carbonyl (C=O) groups is 1. The van der Waals surface area contributed by atoms with E-state index in [-0.39, 0.29) is 24.0 Å². The van der Waals surface area contributed by atoms with Gasteiger partial charge in [0.2, 0.25) is 0 Å². The molecule has 0 fully saturated rings. The van der Waals surface area contributed by atoms with Crippen molar-refractivity contribution in [3.8, 4) is 5.75 Å². The fraction of sp³-hybridized carbons (Fsp3) is 0.357. The van der Waals surface area contributed by atoms with Gasteiger partial charge in [0.05, 0.1) is 6.42 Å². The number of hydrogen-bond acceptors (Lipinski definition) is 4. The molecule has 0 aliphatic rings. The molecule has 0 bridgehead atoms. The molecule has 0 atom stereocenters. The summed E-state index contributed by atoms with van der Waals surface area (Å²) < 4.78 is 30.3. The van der Waals surface area contributed by atoms with Crippen molar-refractivity contribution in [2.45, 2.75) is 32.9 Å². The van der Waals surface area contributed by atoms with Gasteiger partial charge in [0.15, 0.2) is 5.78 Å². The van der Waals surface area contributed by atoms with Crippen LogP contribution in [0.2, 0.25) is 0 Å². The zero-order valence-corrected chi connectivity index (χ0v) is 11.7. The van der Waals surface area contributed by atoms with Crippen LogP contribution in [-0.2, 0) is 6.42 Å². The van der Waals surface area contributed by atoms with E-state index < -0.39 is 6.61 Å². The third-order valence-corrected chi connectivity index (χ3v) is 2.84. The first-order valence-electron chi connectivity index (χ1n) is 6.44. The fourth-order valence-corrected chi connectivity index (χ4v) is 1.92. The molecule has 21 heavy (non-hydrogen) atoms. The molecule has 0 N–H and O–H groups in total. The molecule has 0 radical (unpaired) electrons. The first-order chi connectivity index (χ1) is 9.97. The molecule has 1 aromatic carbocycles. The van der Waals surface area contributed by atoms with E-state index in [4.69, 9.17) is 0 Å². The Hall–Kier alpha value is -2.31. The van der Waals surface area contributed by atoms with E-state index in [0.29, 0.717) is 11.4 Å². The highest BCUT2D eigenvalue weighted by atomic mass is 19.3. The summed E-state index contributed by atoms with van der Waals surface area (Å²) in [6.07, 6.45) is 1.44. The first kappa shape index (κ1) is 15.1. The van der Waals surface area contributed by atoms with E-state index in [0.717, 1.165) is 0 Å². The number of hydrogen-bond donors (Lipinski definition) is 0. The van der Waals surface area contributed by atoms with Gasteiger partial charge in [-0.25, -0.2) is 9.67 Å². The molecule has 1 aromatic heterocycles. The number of benzene rings is 1. The number of halogens is 2. The van der Waals surface area contributed by atoms with E-state index in [2.05, 4.69) is 14.8 Å². The SMILES string of the molecule is CC(C)n1ncnc1CC(=O)c1cccc(OC(F)F)c1. The zero-order chi connectivity index (χ0) is 15.4. The Kier molecular flexibility index (Phi) is 4.62. The highest BCUT2D eigenvalue weighted by Crippen LogP contribution is 2.17. The van der Waals surface area contributed by atoms with Gasteiger partial charge in [-0.3, -0.25) is 4.79 Å². The molecule has 1 heterocycles. The summed E-state index contributed by atoms with van der Waals surface area (Å²) in [5.74, 6) is 0.265. The molecule has 2 aromatic rings. The van der Waals surface area contributed by atoms with Crippen LogP contribution in [0.5, 0.6) is 5.75 Å². The Morgan fingerprint density at radius 3 is 2.81 bits per heavy atom. The molecule has 2 rings (SSSR count). The number of rotatable bonds is 6. The van der Waals surface area contributed by atoms with Crippen LogP contribution in [0.1, 0.15) is 36.1 Å². The Morgan fingerprint density at radius 1 is 1.38 bits per heavy atom. The molecule has 112 valence electrons. The second-order valence-corrected chi connectivity index (χ2v) is 4.72. The smallest absolute Gasteiger partial charge is 0.387 e. The summed E-state index contributed by atoms with van der Waals surface area (Å²) in [5.41, 5.74) is 0.298. The second kappa shape index (κ2) is 6.43. The summed E-state index contributed by atoms with van der Waals surface area (Å²) in [6, 6.07) is 5.81. The van der Waals surface area contributed by atoms with Crippen LogP contribution in [0.4, 0.5) is 8.78 Å². The average molecular weight is 295 g/mol. The minimum Gasteiger partial charge on any atom is -0.435 e. The Bertz CT molecular complexity index is 626. The van der Waals surface area contributed by atoms with Gasteiger partial charge in [-0.2, -0.15) is 13.9 Å². The maximum atomic E-state index is 12.2. The summed E-state index contributed by atoms with van der Waals surface area (Å²) in [5, 5.41) is 4.05. The highest BCUT2D eigenvalue weighted by molar-refractivity contribution is 5.97. The van der Waals surface area contributed by atoms with Crippen molar-refractivity contribution in [3.05, 3.63) is 42.0 Å². The lowest BCUT2D eigenvalue weighted by Crippen LogP contribution is -2.13. The summed E-state index contributed by atoms with van der Waals surface area (Å²) in [4.78, 5) is 16.3.